The van der Waals surface area contributed by atoms with Gasteiger partial charge in [-0.3, -0.25) is 5.01 Å². The van der Waals surface area contributed by atoms with Gasteiger partial charge in [-0.2, -0.15) is 5.10 Å². The number of nitrogens with zero attached hydrogens (tertiary/aromatic N) is 2. The molecule has 1 unspecified atom stereocenters. The number of hydrogen-bond donors (Lipinski definition) is 0. The van der Waals surface area contributed by atoms with Crippen molar-refractivity contribution >= 4 is 23.0 Å². The van der Waals surface area contributed by atoms with E-state index in [9.17, 15) is 0 Å². The smallest absolute Gasteiger partial charge is 0.161 e. The van der Waals surface area contributed by atoms with Crippen molar-refractivity contribution < 1.29 is 9.47 Å². The molecule has 0 saturated heterocycles. The number of hydrazone groups is 1. The molecule has 4 rings (SSSR count). The lowest BCUT2D eigenvalue weighted by atomic mass is 9.98. The second-order valence-corrected chi connectivity index (χ2v) is 7.40. The number of rotatable bonds is 7. The summed E-state index contributed by atoms with van der Waals surface area (Å²) in [5.74, 6) is 1.39. The van der Waals surface area contributed by atoms with E-state index < -0.39 is 0 Å². The summed E-state index contributed by atoms with van der Waals surface area (Å²) in [7, 11) is 1.65. The molecule has 1 aliphatic heterocycles. The van der Waals surface area contributed by atoms with Gasteiger partial charge in [0, 0.05) is 11.4 Å². The van der Waals surface area contributed by atoms with E-state index in [-0.39, 0.29) is 6.04 Å². The van der Waals surface area contributed by atoms with Gasteiger partial charge in [0.15, 0.2) is 11.5 Å². The molecule has 3 aromatic rings. The summed E-state index contributed by atoms with van der Waals surface area (Å²) < 4.78 is 11.3. The number of hydrogen-bond acceptors (Lipinski definition) is 4. The number of benzene rings is 3. The van der Waals surface area contributed by atoms with Crippen LogP contribution in [0.2, 0.25) is 5.02 Å². The van der Waals surface area contributed by atoms with Gasteiger partial charge in [0.25, 0.3) is 0 Å². The molecule has 0 aromatic heterocycles. The van der Waals surface area contributed by atoms with Crippen LogP contribution in [-0.4, -0.2) is 19.4 Å². The molecule has 1 heterocycles. The molecular weight excluding hydrogens is 396 g/mol. The van der Waals surface area contributed by atoms with E-state index in [2.05, 4.69) is 29.8 Å². The minimum absolute atomic E-state index is 0.0421. The summed E-state index contributed by atoms with van der Waals surface area (Å²) in [6.45, 7) is 4.13. The van der Waals surface area contributed by atoms with Gasteiger partial charge in [0.1, 0.15) is 6.61 Å². The van der Waals surface area contributed by atoms with Gasteiger partial charge in [-0.15, -0.1) is 0 Å². The molecular formula is C25H23ClN2O2. The summed E-state index contributed by atoms with van der Waals surface area (Å²) in [4.78, 5) is 0. The van der Waals surface area contributed by atoms with Crippen molar-refractivity contribution in [2.45, 2.75) is 12.5 Å². The second kappa shape index (κ2) is 9.06. The fraction of sp³-hybridized carbons (Fsp3) is 0.160. The molecule has 0 fully saturated rings. The standard InChI is InChI=1S/C25H23ClN2O2/c1-3-15-30-24-14-11-19(16-25(24)29-2)23-17-22(18-9-12-20(26)13-10-18)27-28(23)21-7-5-4-6-8-21/h3-14,16,23H,1,15,17H2,2H3. The van der Waals surface area contributed by atoms with Crippen LogP contribution in [0.4, 0.5) is 5.69 Å². The molecule has 0 N–H and O–H groups in total. The largest absolute Gasteiger partial charge is 0.493 e. The fourth-order valence-electron chi connectivity index (χ4n) is 3.56. The number of para-hydroxylation sites is 1. The molecule has 0 radical (unpaired) electrons. The normalized spacial score (nSPS) is 15.6. The molecule has 5 heteroatoms. The Morgan fingerprint density at radius 3 is 2.53 bits per heavy atom. The van der Waals surface area contributed by atoms with E-state index in [4.69, 9.17) is 26.2 Å². The zero-order valence-electron chi connectivity index (χ0n) is 16.8. The summed E-state index contributed by atoms with van der Waals surface area (Å²) in [6.07, 6.45) is 2.49. The lowest BCUT2D eigenvalue weighted by Crippen LogP contribution is -2.18. The highest BCUT2D eigenvalue weighted by Crippen LogP contribution is 2.39. The molecule has 3 aromatic carbocycles. The number of halogens is 1. The summed E-state index contributed by atoms with van der Waals surface area (Å²) in [5.41, 5.74) is 4.24. The molecule has 30 heavy (non-hydrogen) atoms. The molecule has 0 saturated carbocycles. The van der Waals surface area contributed by atoms with Crippen LogP contribution in [0.15, 0.2) is 90.6 Å². The molecule has 1 atom stereocenters. The van der Waals surface area contributed by atoms with E-state index in [1.807, 2.05) is 54.6 Å². The molecule has 152 valence electrons. The first kappa shape index (κ1) is 20.0. The minimum Gasteiger partial charge on any atom is -0.493 e. The van der Waals surface area contributed by atoms with Gasteiger partial charge in [0.2, 0.25) is 0 Å². The third kappa shape index (κ3) is 4.19. The first-order valence-corrected chi connectivity index (χ1v) is 10.2. The summed E-state index contributed by atoms with van der Waals surface area (Å²) in [5, 5.41) is 7.75. The summed E-state index contributed by atoms with van der Waals surface area (Å²) in [6, 6.07) is 24.1. The maximum atomic E-state index is 6.07. The van der Waals surface area contributed by atoms with Crippen molar-refractivity contribution in [2.24, 2.45) is 5.10 Å². The Morgan fingerprint density at radius 2 is 1.83 bits per heavy atom. The predicted octanol–water partition coefficient (Wildman–Crippen LogP) is 6.27. The average molecular weight is 419 g/mol. The van der Waals surface area contributed by atoms with Crippen LogP contribution in [0.3, 0.4) is 0 Å². The topological polar surface area (TPSA) is 34.1 Å². The Kier molecular flexibility index (Phi) is 6.05. The highest BCUT2D eigenvalue weighted by molar-refractivity contribution is 6.30. The van der Waals surface area contributed by atoms with E-state index >= 15 is 0 Å². The molecule has 0 aliphatic carbocycles. The zero-order chi connectivity index (χ0) is 20.9. The van der Waals surface area contributed by atoms with Crippen LogP contribution in [0.25, 0.3) is 0 Å². The first-order valence-electron chi connectivity index (χ1n) is 9.79. The Labute approximate surface area is 182 Å². The Morgan fingerprint density at radius 1 is 1.07 bits per heavy atom. The lowest BCUT2D eigenvalue weighted by Gasteiger charge is -2.24. The molecule has 0 amide bonds. The van der Waals surface area contributed by atoms with Crippen molar-refractivity contribution in [2.75, 3.05) is 18.7 Å². The van der Waals surface area contributed by atoms with Gasteiger partial charge in [-0.1, -0.05) is 60.7 Å². The first-order chi connectivity index (χ1) is 14.7. The number of ether oxygens (including phenoxy) is 2. The van der Waals surface area contributed by atoms with E-state index in [1.54, 1.807) is 13.2 Å². The number of methoxy groups -OCH3 is 1. The molecule has 4 nitrogen and oxygen atoms in total. The Hall–Kier alpha value is -3.24. The Balaban J connectivity index is 1.71. The SMILES string of the molecule is C=CCOc1ccc(C2CC(c3ccc(Cl)cc3)=NN2c2ccccc2)cc1OC. The average Bonchev–Trinajstić information content (AvgIpc) is 3.24. The van der Waals surface area contributed by atoms with Crippen LogP contribution in [0.5, 0.6) is 11.5 Å². The molecule has 0 bridgehead atoms. The van der Waals surface area contributed by atoms with Crippen molar-refractivity contribution in [3.8, 4) is 11.5 Å². The van der Waals surface area contributed by atoms with Gasteiger partial charge in [-0.05, 0) is 47.5 Å². The third-order valence-corrected chi connectivity index (χ3v) is 5.29. The van der Waals surface area contributed by atoms with Crippen molar-refractivity contribution in [1.29, 1.82) is 0 Å². The second-order valence-electron chi connectivity index (χ2n) is 6.96. The Bertz CT molecular complexity index is 1050. The van der Waals surface area contributed by atoms with Crippen LogP contribution in [0.1, 0.15) is 23.6 Å². The van der Waals surface area contributed by atoms with Crippen molar-refractivity contribution in [1.82, 2.24) is 0 Å². The summed E-state index contributed by atoms with van der Waals surface area (Å²) >= 11 is 6.07. The zero-order valence-corrected chi connectivity index (χ0v) is 17.5. The maximum absolute atomic E-state index is 6.07. The predicted molar refractivity (Wildman–Crippen MR) is 123 cm³/mol. The van der Waals surface area contributed by atoms with E-state index in [0.29, 0.717) is 23.1 Å². The van der Waals surface area contributed by atoms with Crippen LogP contribution in [0, 0.1) is 0 Å². The third-order valence-electron chi connectivity index (χ3n) is 5.04. The maximum Gasteiger partial charge on any atom is 0.161 e. The molecule has 1 aliphatic rings. The van der Waals surface area contributed by atoms with Gasteiger partial charge >= 0.3 is 0 Å². The van der Waals surface area contributed by atoms with Crippen LogP contribution in [-0.2, 0) is 0 Å². The van der Waals surface area contributed by atoms with E-state index in [0.717, 1.165) is 28.9 Å². The van der Waals surface area contributed by atoms with Crippen LogP contribution >= 0.6 is 11.6 Å². The van der Waals surface area contributed by atoms with Gasteiger partial charge in [0.05, 0.1) is 24.6 Å². The van der Waals surface area contributed by atoms with Gasteiger partial charge < -0.3 is 9.47 Å². The highest BCUT2D eigenvalue weighted by atomic mass is 35.5. The quantitative estimate of drug-likeness (QED) is 0.424. The van der Waals surface area contributed by atoms with Gasteiger partial charge in [-0.25, -0.2) is 0 Å². The van der Waals surface area contributed by atoms with E-state index in [1.165, 1.54) is 0 Å². The fourth-order valence-corrected chi connectivity index (χ4v) is 3.69. The van der Waals surface area contributed by atoms with Crippen molar-refractivity contribution in [3.05, 3.63) is 102 Å². The van der Waals surface area contributed by atoms with Crippen LogP contribution < -0.4 is 14.5 Å². The monoisotopic (exact) mass is 418 g/mol. The van der Waals surface area contributed by atoms with Crippen molar-refractivity contribution in [3.63, 3.8) is 0 Å². The highest BCUT2D eigenvalue weighted by Gasteiger charge is 2.30. The molecule has 0 spiro atoms. The minimum atomic E-state index is 0.0421. The number of anilines is 1. The lowest BCUT2D eigenvalue weighted by molar-refractivity contribution is 0.326.